The van der Waals surface area contributed by atoms with Gasteiger partial charge in [0, 0.05) is 44.0 Å². The molecule has 1 N–H and O–H groups in total. The van der Waals surface area contributed by atoms with E-state index >= 15 is 0 Å². The van der Waals surface area contributed by atoms with Gasteiger partial charge in [0.05, 0.1) is 23.4 Å². The molecule has 1 aromatic heterocycles. The topological polar surface area (TPSA) is 122 Å². The summed E-state index contributed by atoms with van der Waals surface area (Å²) in [5, 5.41) is 8.79. The molecule has 2 aromatic carbocycles. The van der Waals surface area contributed by atoms with Crippen molar-refractivity contribution in [1.29, 1.82) is 0 Å². The minimum absolute atomic E-state index is 0.00164. The molecule has 1 saturated heterocycles. The fraction of sp³-hybridized carbons (Fsp3) is 0.367. The van der Waals surface area contributed by atoms with Crippen molar-refractivity contribution < 1.29 is 23.9 Å². The quantitative estimate of drug-likeness (QED) is 0.447. The number of aliphatic carboxylic acids is 1. The average Bonchev–Trinajstić information content (AvgIpc) is 3.14. The highest BCUT2D eigenvalue weighted by Gasteiger charge is 2.31. The van der Waals surface area contributed by atoms with E-state index < -0.39 is 42.5 Å². The highest BCUT2D eigenvalue weighted by atomic mass is 35.5. The van der Waals surface area contributed by atoms with Crippen LogP contribution < -0.4 is 11.2 Å². The Bertz CT molecular complexity index is 1660. The number of benzene rings is 2. The number of hydrogen-bond donors (Lipinski definition) is 1. The van der Waals surface area contributed by atoms with E-state index in [0.717, 1.165) is 27.2 Å². The van der Waals surface area contributed by atoms with Crippen LogP contribution in [0.4, 0.5) is 4.39 Å². The third kappa shape index (κ3) is 6.01. The van der Waals surface area contributed by atoms with Gasteiger partial charge in [0.15, 0.2) is 0 Å². The van der Waals surface area contributed by atoms with Gasteiger partial charge in [-0.1, -0.05) is 48.0 Å². The maximum Gasteiger partial charge on any atom is 0.331 e. The maximum absolute atomic E-state index is 14.2. The van der Waals surface area contributed by atoms with Gasteiger partial charge in [0.1, 0.15) is 12.4 Å². The second-order valence-corrected chi connectivity index (χ2v) is 10.9. The summed E-state index contributed by atoms with van der Waals surface area (Å²) < 4.78 is 16.0. The molecule has 0 saturated carbocycles. The van der Waals surface area contributed by atoms with Crippen LogP contribution in [-0.2, 0) is 40.3 Å². The molecular weight excluding hydrogens is 567 g/mol. The highest BCUT2D eigenvalue weighted by molar-refractivity contribution is 6.33. The fourth-order valence-electron chi connectivity index (χ4n) is 5.73. The molecular formula is C30H30ClFN4O6. The van der Waals surface area contributed by atoms with Crippen molar-refractivity contribution in [1.82, 2.24) is 18.9 Å². The lowest BCUT2D eigenvalue weighted by atomic mass is 10.0. The Morgan fingerprint density at radius 2 is 1.67 bits per heavy atom. The van der Waals surface area contributed by atoms with Crippen molar-refractivity contribution in [2.75, 3.05) is 19.6 Å². The summed E-state index contributed by atoms with van der Waals surface area (Å²) in [4.78, 5) is 67.4. The SMILES string of the molecule is O=C(O)CCn1c(=O)c(-c2cccc(F)c2Cl)cn(CC(=O)N2CCC(N3CCc4ccccc4CC3=O)CC2)c1=O. The molecule has 12 heteroatoms. The van der Waals surface area contributed by atoms with Crippen LogP contribution in [0.2, 0.25) is 5.02 Å². The third-order valence-corrected chi connectivity index (χ3v) is 8.38. The largest absolute Gasteiger partial charge is 0.481 e. The van der Waals surface area contributed by atoms with Crippen LogP contribution in [0.3, 0.4) is 0 Å². The van der Waals surface area contributed by atoms with Crippen LogP contribution in [0.5, 0.6) is 0 Å². The Morgan fingerprint density at radius 1 is 0.952 bits per heavy atom. The normalized spacial score (nSPS) is 15.8. The number of likely N-dealkylation sites (tertiary alicyclic amines) is 1. The molecule has 2 amide bonds. The number of rotatable bonds is 7. The molecule has 0 atom stereocenters. The summed E-state index contributed by atoms with van der Waals surface area (Å²) in [6.45, 7) is 0.551. The van der Waals surface area contributed by atoms with E-state index in [1.54, 1.807) is 4.90 Å². The van der Waals surface area contributed by atoms with Crippen LogP contribution >= 0.6 is 11.6 Å². The van der Waals surface area contributed by atoms with Gasteiger partial charge in [-0.3, -0.25) is 28.3 Å². The molecule has 0 unspecified atom stereocenters. The van der Waals surface area contributed by atoms with E-state index in [0.29, 0.717) is 38.9 Å². The van der Waals surface area contributed by atoms with E-state index in [2.05, 4.69) is 0 Å². The molecule has 0 radical (unpaired) electrons. The number of nitrogens with zero attached hydrogens (tertiary/aromatic N) is 4. The van der Waals surface area contributed by atoms with Gasteiger partial charge in [0.25, 0.3) is 5.56 Å². The van der Waals surface area contributed by atoms with Gasteiger partial charge in [-0.25, -0.2) is 9.18 Å². The summed E-state index contributed by atoms with van der Waals surface area (Å²) in [5.41, 5.74) is 0.438. The van der Waals surface area contributed by atoms with Crippen LogP contribution in [0.1, 0.15) is 30.4 Å². The first kappa shape index (κ1) is 29.2. The summed E-state index contributed by atoms with van der Waals surface area (Å²) in [5.74, 6) is -2.28. The molecule has 3 aromatic rings. The summed E-state index contributed by atoms with van der Waals surface area (Å²) in [7, 11) is 0. The van der Waals surface area contributed by atoms with Gasteiger partial charge in [-0.05, 0) is 36.5 Å². The predicted molar refractivity (Wildman–Crippen MR) is 153 cm³/mol. The second-order valence-electron chi connectivity index (χ2n) is 10.5. The first-order valence-electron chi connectivity index (χ1n) is 13.8. The monoisotopic (exact) mass is 596 g/mol. The molecule has 3 heterocycles. The molecule has 0 spiro atoms. The highest BCUT2D eigenvalue weighted by Crippen LogP contribution is 2.28. The van der Waals surface area contributed by atoms with E-state index in [9.17, 15) is 28.4 Å². The minimum Gasteiger partial charge on any atom is -0.481 e. The Kier molecular flexibility index (Phi) is 8.58. The number of aromatic nitrogens is 2. The van der Waals surface area contributed by atoms with Crippen molar-refractivity contribution in [3.63, 3.8) is 0 Å². The number of carboxylic acid groups (broad SMARTS) is 1. The molecule has 5 rings (SSSR count). The number of amides is 2. The minimum atomic E-state index is -1.22. The predicted octanol–water partition coefficient (Wildman–Crippen LogP) is 2.56. The lowest BCUT2D eigenvalue weighted by Gasteiger charge is -2.38. The number of carbonyl (C=O) groups is 3. The first-order chi connectivity index (χ1) is 20.1. The second kappa shape index (κ2) is 12.3. The summed E-state index contributed by atoms with van der Waals surface area (Å²) in [6.07, 6.45) is 2.97. The van der Waals surface area contributed by atoms with Crippen molar-refractivity contribution >= 4 is 29.4 Å². The number of fused-ring (bicyclic) bond motifs is 1. The summed E-state index contributed by atoms with van der Waals surface area (Å²) >= 11 is 6.12. The lowest BCUT2D eigenvalue weighted by molar-refractivity contribution is -0.138. The van der Waals surface area contributed by atoms with Crippen molar-refractivity contribution in [2.45, 2.75) is 51.2 Å². The van der Waals surface area contributed by atoms with Gasteiger partial charge >= 0.3 is 11.7 Å². The maximum atomic E-state index is 14.2. The molecule has 220 valence electrons. The Morgan fingerprint density at radius 3 is 2.38 bits per heavy atom. The fourth-order valence-corrected chi connectivity index (χ4v) is 5.96. The van der Waals surface area contributed by atoms with Crippen LogP contribution in [-0.4, -0.2) is 67.5 Å². The van der Waals surface area contributed by atoms with Crippen molar-refractivity contribution in [3.05, 3.63) is 91.5 Å². The van der Waals surface area contributed by atoms with Crippen LogP contribution in [0, 0.1) is 5.82 Å². The first-order valence-corrected chi connectivity index (χ1v) is 14.2. The number of halogens is 2. The van der Waals surface area contributed by atoms with Crippen molar-refractivity contribution in [2.24, 2.45) is 0 Å². The van der Waals surface area contributed by atoms with E-state index in [1.807, 2.05) is 29.2 Å². The van der Waals surface area contributed by atoms with E-state index in [4.69, 9.17) is 16.7 Å². The Hall–Kier alpha value is -4.25. The average molecular weight is 597 g/mol. The molecule has 2 aliphatic heterocycles. The molecule has 42 heavy (non-hydrogen) atoms. The molecule has 0 aliphatic carbocycles. The molecule has 10 nitrogen and oxygen atoms in total. The lowest BCUT2D eigenvalue weighted by Crippen LogP contribution is -2.50. The number of carboxylic acids is 1. The molecule has 0 bridgehead atoms. The van der Waals surface area contributed by atoms with Gasteiger partial charge in [0.2, 0.25) is 11.8 Å². The zero-order valence-corrected chi connectivity index (χ0v) is 23.6. The number of hydrogen-bond acceptors (Lipinski definition) is 5. The van der Waals surface area contributed by atoms with E-state index in [1.165, 1.54) is 23.9 Å². The third-order valence-electron chi connectivity index (χ3n) is 7.99. The Balaban J connectivity index is 1.33. The van der Waals surface area contributed by atoms with Gasteiger partial charge < -0.3 is 14.9 Å². The van der Waals surface area contributed by atoms with Crippen molar-refractivity contribution in [3.8, 4) is 11.1 Å². The standard InChI is InChI=1S/C30H30ClFN4O6/c31-28-22(6-3-7-24(28)32)23-17-34(30(42)36(29(23)41)15-11-27(39)40)18-26(38)33-12-9-21(10-13-33)35-14-8-19-4-1-2-5-20(19)16-25(35)37/h1-7,17,21H,8-16,18H2,(H,39,40). The number of carbonyl (C=O) groups excluding carboxylic acids is 2. The summed E-state index contributed by atoms with van der Waals surface area (Å²) in [6, 6.07) is 11.8. The zero-order valence-electron chi connectivity index (χ0n) is 22.8. The van der Waals surface area contributed by atoms with Crippen LogP contribution in [0.25, 0.3) is 11.1 Å². The van der Waals surface area contributed by atoms with Gasteiger partial charge in [-0.15, -0.1) is 0 Å². The Labute approximate surface area is 245 Å². The van der Waals surface area contributed by atoms with E-state index in [-0.39, 0.29) is 34.0 Å². The zero-order chi connectivity index (χ0) is 30.0. The van der Waals surface area contributed by atoms with Gasteiger partial charge in [-0.2, -0.15) is 0 Å². The molecule has 2 aliphatic rings. The number of piperidine rings is 1. The smallest absolute Gasteiger partial charge is 0.331 e. The molecule has 1 fully saturated rings. The van der Waals surface area contributed by atoms with Crippen LogP contribution in [0.15, 0.2) is 58.3 Å².